The minimum Gasteiger partial charge on any atom is -0.387 e. The van der Waals surface area contributed by atoms with E-state index in [0.717, 1.165) is 5.56 Å². The number of aliphatic hydroxyl groups excluding tert-OH is 1. The summed E-state index contributed by atoms with van der Waals surface area (Å²) in [6.45, 7) is 0.291. The van der Waals surface area contributed by atoms with Gasteiger partial charge in [-0.05, 0) is 29.8 Å². The predicted molar refractivity (Wildman–Crippen MR) is 96.1 cm³/mol. The van der Waals surface area contributed by atoms with E-state index in [0.29, 0.717) is 29.4 Å². The van der Waals surface area contributed by atoms with Crippen molar-refractivity contribution in [2.45, 2.75) is 6.10 Å². The van der Waals surface area contributed by atoms with Gasteiger partial charge in [0.15, 0.2) is 11.5 Å². The quantitative estimate of drug-likeness (QED) is 0.579. The first-order valence-electron chi connectivity index (χ1n) is 8.16. The van der Waals surface area contributed by atoms with Crippen molar-refractivity contribution in [3.63, 3.8) is 0 Å². The maximum absolute atomic E-state index is 14.1. The van der Waals surface area contributed by atoms with Gasteiger partial charge in [-0.25, -0.2) is 4.39 Å². The zero-order valence-electron chi connectivity index (χ0n) is 13.7. The van der Waals surface area contributed by atoms with Crippen molar-refractivity contribution in [2.24, 2.45) is 0 Å². The maximum Gasteiger partial charge on any atom is 0.188 e. The fourth-order valence-electron chi connectivity index (χ4n) is 2.69. The minimum atomic E-state index is -0.666. The van der Waals surface area contributed by atoms with Crippen molar-refractivity contribution in [1.29, 1.82) is 0 Å². The molecule has 0 saturated heterocycles. The first-order valence-corrected chi connectivity index (χ1v) is 8.16. The summed E-state index contributed by atoms with van der Waals surface area (Å²) in [6.07, 6.45) is -0.666. The number of rotatable bonds is 5. The van der Waals surface area contributed by atoms with Crippen molar-refractivity contribution in [2.75, 3.05) is 11.9 Å². The van der Waals surface area contributed by atoms with Crippen LogP contribution in [0.2, 0.25) is 0 Å². The van der Waals surface area contributed by atoms with Crippen molar-refractivity contribution < 1.29 is 9.50 Å². The van der Waals surface area contributed by atoms with Gasteiger partial charge in [0.25, 0.3) is 0 Å². The third kappa shape index (κ3) is 3.12. The molecule has 2 aromatic heterocycles. The van der Waals surface area contributed by atoms with E-state index in [1.165, 1.54) is 10.6 Å². The molecule has 130 valence electrons. The summed E-state index contributed by atoms with van der Waals surface area (Å²) in [7, 11) is 0. The fourth-order valence-corrected chi connectivity index (χ4v) is 2.69. The molecule has 2 heterocycles. The number of fused-ring (bicyclic) bond motifs is 1. The van der Waals surface area contributed by atoms with Crippen molar-refractivity contribution in [3.05, 3.63) is 78.1 Å². The van der Waals surface area contributed by atoms with Gasteiger partial charge in [-0.1, -0.05) is 42.5 Å². The lowest BCUT2D eigenvalue weighted by molar-refractivity contribution is 0.191. The molecule has 4 aromatic rings. The number of hydrogen-bond acceptors (Lipinski definition) is 5. The minimum absolute atomic E-state index is 0.291. The molecule has 0 radical (unpaired) electrons. The third-order valence-electron chi connectivity index (χ3n) is 4.04. The molecular formula is C19H16FN5O. The van der Waals surface area contributed by atoms with Gasteiger partial charge in [0.2, 0.25) is 0 Å². The zero-order valence-corrected chi connectivity index (χ0v) is 13.7. The Morgan fingerprint density at radius 3 is 2.54 bits per heavy atom. The Labute approximate surface area is 148 Å². The number of benzene rings is 2. The Kier molecular flexibility index (Phi) is 4.28. The van der Waals surface area contributed by atoms with Crippen molar-refractivity contribution in [1.82, 2.24) is 19.8 Å². The molecule has 6 nitrogen and oxygen atoms in total. The van der Waals surface area contributed by atoms with Crippen LogP contribution in [0.25, 0.3) is 17.0 Å². The number of anilines is 1. The van der Waals surface area contributed by atoms with Gasteiger partial charge >= 0.3 is 0 Å². The molecule has 0 saturated carbocycles. The van der Waals surface area contributed by atoms with Crippen LogP contribution in [-0.2, 0) is 0 Å². The Morgan fingerprint density at radius 1 is 0.962 bits per heavy atom. The van der Waals surface area contributed by atoms with Gasteiger partial charge in [-0.15, -0.1) is 15.3 Å². The van der Waals surface area contributed by atoms with Crippen LogP contribution in [0.4, 0.5) is 10.2 Å². The van der Waals surface area contributed by atoms with Crippen LogP contribution in [0, 0.1) is 5.82 Å². The van der Waals surface area contributed by atoms with Gasteiger partial charge in [-0.3, -0.25) is 0 Å². The van der Waals surface area contributed by atoms with Gasteiger partial charge in [0.1, 0.15) is 11.6 Å². The van der Waals surface area contributed by atoms with Gasteiger partial charge in [0, 0.05) is 6.54 Å². The van der Waals surface area contributed by atoms with Crippen LogP contribution >= 0.6 is 0 Å². The Bertz CT molecular complexity index is 1030. The standard InChI is InChI=1S/C19H16FN5O/c20-15-9-5-4-8-14(15)19-23-22-18-11-10-17(24-25(18)19)21-12-16(26)13-6-2-1-3-7-13/h1-11,16,26H,12H2,(H,21,24). The number of nitrogens with one attached hydrogen (secondary N) is 1. The predicted octanol–water partition coefficient (Wildman–Crippen LogP) is 3.08. The zero-order chi connectivity index (χ0) is 17.9. The first-order chi connectivity index (χ1) is 12.7. The van der Waals surface area contributed by atoms with Crippen LogP contribution in [0.3, 0.4) is 0 Å². The van der Waals surface area contributed by atoms with Crippen LogP contribution < -0.4 is 5.32 Å². The van der Waals surface area contributed by atoms with Crippen molar-refractivity contribution in [3.8, 4) is 11.4 Å². The van der Waals surface area contributed by atoms with Crippen LogP contribution in [-0.4, -0.2) is 31.5 Å². The highest BCUT2D eigenvalue weighted by Gasteiger charge is 2.14. The van der Waals surface area contributed by atoms with E-state index >= 15 is 0 Å². The summed E-state index contributed by atoms with van der Waals surface area (Å²) in [4.78, 5) is 0. The molecule has 4 rings (SSSR count). The average molecular weight is 349 g/mol. The Morgan fingerprint density at radius 2 is 1.73 bits per heavy atom. The van der Waals surface area contributed by atoms with Crippen LogP contribution in [0.5, 0.6) is 0 Å². The summed E-state index contributed by atoms with van der Waals surface area (Å²) in [5, 5.41) is 25.8. The number of nitrogens with zero attached hydrogens (tertiary/aromatic N) is 4. The van der Waals surface area contributed by atoms with Gasteiger partial charge in [-0.2, -0.15) is 4.52 Å². The van der Waals surface area contributed by atoms with Crippen LogP contribution in [0.1, 0.15) is 11.7 Å². The van der Waals surface area contributed by atoms with Gasteiger partial charge < -0.3 is 10.4 Å². The lowest BCUT2D eigenvalue weighted by Crippen LogP contribution is -2.13. The van der Waals surface area contributed by atoms with E-state index in [9.17, 15) is 9.50 Å². The molecule has 0 aliphatic rings. The molecule has 0 fully saturated rings. The molecule has 0 amide bonds. The number of aromatic nitrogens is 4. The second-order valence-corrected chi connectivity index (χ2v) is 5.80. The molecule has 1 atom stereocenters. The molecule has 1 unspecified atom stereocenters. The SMILES string of the molecule is OC(CNc1ccc2nnc(-c3ccccc3F)n2n1)c1ccccc1. The van der Waals surface area contributed by atoms with E-state index in [1.807, 2.05) is 30.3 Å². The topological polar surface area (TPSA) is 75.3 Å². The lowest BCUT2D eigenvalue weighted by Gasteiger charge is -2.12. The summed E-state index contributed by atoms with van der Waals surface area (Å²) in [6, 6.07) is 19.2. The highest BCUT2D eigenvalue weighted by Crippen LogP contribution is 2.21. The molecule has 7 heteroatoms. The van der Waals surface area contributed by atoms with Crippen molar-refractivity contribution >= 4 is 11.5 Å². The monoisotopic (exact) mass is 349 g/mol. The Hall–Kier alpha value is -3.32. The third-order valence-corrected chi connectivity index (χ3v) is 4.04. The smallest absolute Gasteiger partial charge is 0.188 e. The average Bonchev–Trinajstić information content (AvgIpc) is 3.10. The van der Waals surface area contributed by atoms with E-state index in [-0.39, 0.29) is 5.82 Å². The van der Waals surface area contributed by atoms with Gasteiger partial charge in [0.05, 0.1) is 11.7 Å². The molecule has 2 aromatic carbocycles. The molecule has 0 aliphatic carbocycles. The second-order valence-electron chi connectivity index (χ2n) is 5.80. The maximum atomic E-state index is 14.1. The number of halogens is 1. The summed E-state index contributed by atoms with van der Waals surface area (Å²) >= 11 is 0. The molecule has 26 heavy (non-hydrogen) atoms. The lowest BCUT2D eigenvalue weighted by atomic mass is 10.1. The summed E-state index contributed by atoms with van der Waals surface area (Å²) in [5.74, 6) is 0.469. The normalized spacial score (nSPS) is 12.2. The van der Waals surface area contributed by atoms with E-state index in [1.54, 1.807) is 30.3 Å². The summed E-state index contributed by atoms with van der Waals surface area (Å²) < 4.78 is 15.5. The number of aliphatic hydroxyl groups is 1. The molecule has 2 N–H and O–H groups in total. The largest absolute Gasteiger partial charge is 0.387 e. The van der Waals surface area contributed by atoms with Crippen LogP contribution in [0.15, 0.2) is 66.7 Å². The Balaban J connectivity index is 1.59. The molecular weight excluding hydrogens is 333 g/mol. The first kappa shape index (κ1) is 16.2. The molecule has 0 spiro atoms. The molecule has 0 aliphatic heterocycles. The summed E-state index contributed by atoms with van der Waals surface area (Å²) in [5.41, 5.74) is 1.66. The molecule has 0 bridgehead atoms. The highest BCUT2D eigenvalue weighted by molar-refractivity contribution is 5.60. The highest BCUT2D eigenvalue weighted by atomic mass is 19.1. The fraction of sp³-hybridized carbons (Fsp3) is 0.105. The number of hydrogen-bond donors (Lipinski definition) is 2. The second kappa shape index (κ2) is 6.89. The van der Waals surface area contributed by atoms with E-state index in [4.69, 9.17) is 0 Å². The van der Waals surface area contributed by atoms with E-state index < -0.39 is 6.10 Å². The van der Waals surface area contributed by atoms with E-state index in [2.05, 4.69) is 20.6 Å².